The van der Waals surface area contributed by atoms with E-state index >= 15 is 0 Å². The first-order chi connectivity index (χ1) is 10.9. The first-order valence-electron chi connectivity index (χ1n) is 7.57. The van der Waals surface area contributed by atoms with E-state index < -0.39 is 6.10 Å². The monoisotopic (exact) mass is 318 g/mol. The molecule has 0 aliphatic carbocycles. The standard InChI is InChI=1S/C17H22N2O4/c1-11(2)22-15-6-4-13(5-7-15)16(20)10-18-17(21)9-14-8-12(3)23-19-14/h4-8,11,16,20H,9-10H2,1-3H3,(H,18,21)/t16-/m0/s1. The van der Waals surface area contributed by atoms with E-state index in [2.05, 4.69) is 10.5 Å². The molecule has 0 saturated heterocycles. The van der Waals surface area contributed by atoms with Crippen LogP contribution in [0.2, 0.25) is 0 Å². The summed E-state index contributed by atoms with van der Waals surface area (Å²) >= 11 is 0. The molecule has 2 N–H and O–H groups in total. The third kappa shape index (κ3) is 5.41. The molecule has 0 unspecified atom stereocenters. The van der Waals surface area contributed by atoms with Crippen LogP contribution in [0.3, 0.4) is 0 Å². The van der Waals surface area contributed by atoms with E-state index in [1.54, 1.807) is 37.3 Å². The van der Waals surface area contributed by atoms with Crippen LogP contribution in [0, 0.1) is 6.92 Å². The van der Waals surface area contributed by atoms with Gasteiger partial charge in [0.15, 0.2) is 0 Å². The van der Waals surface area contributed by atoms with Gasteiger partial charge in [0.05, 0.1) is 24.3 Å². The number of amides is 1. The fourth-order valence-corrected chi connectivity index (χ4v) is 2.10. The van der Waals surface area contributed by atoms with E-state index in [9.17, 15) is 9.90 Å². The predicted molar refractivity (Wildman–Crippen MR) is 85.1 cm³/mol. The molecule has 23 heavy (non-hydrogen) atoms. The second-order valence-electron chi connectivity index (χ2n) is 5.66. The number of benzene rings is 1. The van der Waals surface area contributed by atoms with E-state index in [0.717, 1.165) is 11.3 Å². The largest absolute Gasteiger partial charge is 0.491 e. The molecule has 0 saturated carbocycles. The highest BCUT2D eigenvalue weighted by molar-refractivity contribution is 5.78. The molecule has 1 aromatic heterocycles. The normalized spacial score (nSPS) is 12.2. The average molecular weight is 318 g/mol. The van der Waals surface area contributed by atoms with Crippen molar-refractivity contribution in [2.24, 2.45) is 0 Å². The SMILES string of the molecule is Cc1cc(CC(=O)NC[C@H](O)c2ccc(OC(C)C)cc2)no1. The molecule has 0 radical (unpaired) electrons. The molecule has 2 rings (SSSR count). The number of hydrogen-bond acceptors (Lipinski definition) is 5. The quantitative estimate of drug-likeness (QED) is 0.817. The van der Waals surface area contributed by atoms with E-state index in [0.29, 0.717) is 11.5 Å². The van der Waals surface area contributed by atoms with Gasteiger partial charge in [-0.25, -0.2) is 0 Å². The van der Waals surface area contributed by atoms with Gasteiger partial charge in [-0.1, -0.05) is 17.3 Å². The topological polar surface area (TPSA) is 84.6 Å². The lowest BCUT2D eigenvalue weighted by Gasteiger charge is -2.14. The van der Waals surface area contributed by atoms with Gasteiger partial charge in [-0.05, 0) is 38.5 Å². The molecule has 6 heteroatoms. The smallest absolute Gasteiger partial charge is 0.226 e. The summed E-state index contributed by atoms with van der Waals surface area (Å²) < 4.78 is 10.5. The summed E-state index contributed by atoms with van der Waals surface area (Å²) in [6.07, 6.45) is -0.540. The third-order valence-corrected chi connectivity index (χ3v) is 3.15. The van der Waals surface area contributed by atoms with Crippen molar-refractivity contribution in [3.8, 4) is 5.75 Å². The van der Waals surface area contributed by atoms with Crippen molar-refractivity contribution in [1.29, 1.82) is 0 Å². The molecular formula is C17H22N2O4. The zero-order valence-electron chi connectivity index (χ0n) is 13.6. The Bertz CT molecular complexity index is 634. The molecular weight excluding hydrogens is 296 g/mol. The van der Waals surface area contributed by atoms with Crippen molar-refractivity contribution in [1.82, 2.24) is 10.5 Å². The van der Waals surface area contributed by atoms with E-state index in [1.807, 2.05) is 13.8 Å². The number of carbonyl (C=O) groups is 1. The summed E-state index contributed by atoms with van der Waals surface area (Å²) in [4.78, 5) is 11.8. The number of aliphatic hydroxyl groups is 1. The van der Waals surface area contributed by atoms with Gasteiger partial charge in [0, 0.05) is 12.6 Å². The number of aromatic nitrogens is 1. The average Bonchev–Trinajstić information content (AvgIpc) is 2.90. The lowest BCUT2D eigenvalue weighted by atomic mass is 10.1. The second kappa shape index (κ2) is 7.78. The van der Waals surface area contributed by atoms with Crippen molar-refractivity contribution < 1.29 is 19.2 Å². The Hall–Kier alpha value is -2.34. The zero-order valence-corrected chi connectivity index (χ0v) is 13.6. The Balaban J connectivity index is 1.81. The van der Waals surface area contributed by atoms with E-state index in [-0.39, 0.29) is 25.0 Å². The van der Waals surface area contributed by atoms with Gasteiger partial charge in [-0.2, -0.15) is 0 Å². The van der Waals surface area contributed by atoms with Crippen molar-refractivity contribution in [3.63, 3.8) is 0 Å². The van der Waals surface area contributed by atoms with E-state index in [1.165, 1.54) is 0 Å². The van der Waals surface area contributed by atoms with Crippen molar-refractivity contribution in [2.45, 2.75) is 39.4 Å². The molecule has 6 nitrogen and oxygen atoms in total. The Morgan fingerprint density at radius 1 is 1.35 bits per heavy atom. The highest BCUT2D eigenvalue weighted by atomic mass is 16.5. The number of hydrogen-bond donors (Lipinski definition) is 2. The summed E-state index contributed by atoms with van der Waals surface area (Å²) in [5, 5.41) is 16.6. The van der Waals surface area contributed by atoms with Gasteiger partial charge in [-0.3, -0.25) is 4.79 Å². The Morgan fingerprint density at radius 3 is 2.61 bits per heavy atom. The van der Waals surface area contributed by atoms with Crippen molar-refractivity contribution >= 4 is 5.91 Å². The fraction of sp³-hybridized carbons (Fsp3) is 0.412. The minimum Gasteiger partial charge on any atom is -0.491 e. The molecule has 1 amide bonds. The summed E-state index contributed by atoms with van der Waals surface area (Å²) in [7, 11) is 0. The Morgan fingerprint density at radius 2 is 2.04 bits per heavy atom. The number of rotatable bonds is 7. The second-order valence-corrected chi connectivity index (χ2v) is 5.66. The Labute approximate surface area is 135 Å². The molecule has 0 aliphatic rings. The summed E-state index contributed by atoms with van der Waals surface area (Å²) in [6, 6.07) is 8.89. The maximum Gasteiger partial charge on any atom is 0.226 e. The molecule has 1 heterocycles. The van der Waals surface area contributed by atoms with Gasteiger partial charge in [0.25, 0.3) is 0 Å². The molecule has 2 aromatic rings. The summed E-state index contributed by atoms with van der Waals surface area (Å²) in [5.74, 6) is 1.20. The number of aliphatic hydroxyl groups excluding tert-OH is 1. The zero-order chi connectivity index (χ0) is 16.8. The van der Waals surface area contributed by atoms with Crippen LogP contribution in [0.4, 0.5) is 0 Å². The first kappa shape index (κ1) is 17.0. The number of nitrogens with one attached hydrogen (secondary N) is 1. The van der Waals surface area contributed by atoms with Crippen molar-refractivity contribution in [3.05, 3.63) is 47.3 Å². The van der Waals surface area contributed by atoms with Gasteiger partial charge in [0.2, 0.25) is 5.91 Å². The van der Waals surface area contributed by atoms with Crippen LogP contribution in [0.1, 0.15) is 37.0 Å². The molecule has 124 valence electrons. The summed E-state index contributed by atoms with van der Waals surface area (Å²) in [5.41, 5.74) is 1.29. The summed E-state index contributed by atoms with van der Waals surface area (Å²) in [6.45, 7) is 5.81. The highest BCUT2D eigenvalue weighted by Gasteiger charge is 2.12. The fourth-order valence-electron chi connectivity index (χ4n) is 2.10. The van der Waals surface area contributed by atoms with Gasteiger partial charge >= 0.3 is 0 Å². The molecule has 0 bridgehead atoms. The van der Waals surface area contributed by atoms with Crippen molar-refractivity contribution in [2.75, 3.05) is 6.54 Å². The minimum absolute atomic E-state index is 0.102. The van der Waals surface area contributed by atoms with Gasteiger partial charge in [-0.15, -0.1) is 0 Å². The van der Waals surface area contributed by atoms with Crippen LogP contribution in [-0.4, -0.2) is 28.8 Å². The van der Waals surface area contributed by atoms with Gasteiger partial charge < -0.3 is 19.7 Å². The van der Waals surface area contributed by atoms with Crippen LogP contribution in [-0.2, 0) is 11.2 Å². The number of carbonyl (C=O) groups excluding carboxylic acids is 1. The Kier molecular flexibility index (Phi) is 5.76. The first-order valence-corrected chi connectivity index (χ1v) is 7.57. The molecule has 0 aliphatic heterocycles. The minimum atomic E-state index is -0.772. The van der Waals surface area contributed by atoms with Crippen LogP contribution in [0.5, 0.6) is 5.75 Å². The maximum atomic E-state index is 11.8. The highest BCUT2D eigenvalue weighted by Crippen LogP contribution is 2.18. The van der Waals surface area contributed by atoms with Gasteiger partial charge in [0.1, 0.15) is 11.5 Å². The predicted octanol–water partition coefficient (Wildman–Crippen LogP) is 2.16. The van der Waals surface area contributed by atoms with Crippen LogP contribution in [0.15, 0.2) is 34.9 Å². The molecule has 0 fully saturated rings. The molecule has 1 aromatic carbocycles. The van der Waals surface area contributed by atoms with Crippen LogP contribution >= 0.6 is 0 Å². The molecule has 1 atom stereocenters. The van der Waals surface area contributed by atoms with Crippen LogP contribution in [0.25, 0.3) is 0 Å². The number of aryl methyl sites for hydroxylation is 1. The lowest BCUT2D eigenvalue weighted by molar-refractivity contribution is -0.121. The maximum absolute atomic E-state index is 11.8. The van der Waals surface area contributed by atoms with E-state index in [4.69, 9.17) is 9.26 Å². The molecule has 0 spiro atoms. The number of ether oxygens (including phenoxy) is 1. The number of nitrogens with zero attached hydrogens (tertiary/aromatic N) is 1. The van der Waals surface area contributed by atoms with Crippen LogP contribution < -0.4 is 10.1 Å². The third-order valence-electron chi connectivity index (χ3n) is 3.15. The lowest BCUT2D eigenvalue weighted by Crippen LogP contribution is -2.29.